The Morgan fingerprint density at radius 2 is 2.19 bits per heavy atom. The summed E-state index contributed by atoms with van der Waals surface area (Å²) >= 11 is 3.27. The summed E-state index contributed by atoms with van der Waals surface area (Å²) in [6, 6.07) is 4.38. The number of hydrogen-bond acceptors (Lipinski definition) is 5. The number of ether oxygens (including phenoxy) is 2. The quantitative estimate of drug-likeness (QED) is 0.285. The van der Waals surface area contributed by atoms with Crippen molar-refractivity contribution in [3.05, 3.63) is 34.9 Å². The van der Waals surface area contributed by atoms with Crippen molar-refractivity contribution in [1.82, 2.24) is 4.90 Å². The summed E-state index contributed by atoms with van der Waals surface area (Å²) in [6.07, 6.45) is 0.116. The van der Waals surface area contributed by atoms with E-state index < -0.39 is 17.9 Å². The number of halogens is 1. The zero-order valence-corrected chi connectivity index (χ0v) is 16.6. The van der Waals surface area contributed by atoms with Crippen molar-refractivity contribution in [1.29, 1.82) is 0 Å². The maximum absolute atomic E-state index is 12.7. The van der Waals surface area contributed by atoms with E-state index in [1.165, 1.54) is 12.0 Å². The molecule has 2 rings (SSSR count). The van der Waals surface area contributed by atoms with Crippen molar-refractivity contribution in [2.75, 3.05) is 25.7 Å². The molecule has 2 N–H and O–H groups in total. The van der Waals surface area contributed by atoms with Crippen LogP contribution in [0.1, 0.15) is 34.3 Å². The van der Waals surface area contributed by atoms with Gasteiger partial charge in [-0.2, -0.15) is 0 Å². The van der Waals surface area contributed by atoms with Gasteiger partial charge >= 0.3 is 5.97 Å². The number of carbonyl (C=O) groups excluding carboxylic acids is 3. The first-order chi connectivity index (χ1) is 13.0. The zero-order chi connectivity index (χ0) is 19.8. The van der Waals surface area contributed by atoms with Crippen LogP contribution >= 0.6 is 15.9 Å². The Hall–Kier alpha value is -2.37. The van der Waals surface area contributed by atoms with Crippen LogP contribution in [0.4, 0.5) is 0 Å². The van der Waals surface area contributed by atoms with Gasteiger partial charge in [0, 0.05) is 29.4 Å². The van der Waals surface area contributed by atoms with Crippen molar-refractivity contribution in [2.45, 2.75) is 25.4 Å². The third-order valence-corrected chi connectivity index (χ3v) is 4.49. The van der Waals surface area contributed by atoms with Gasteiger partial charge < -0.3 is 20.1 Å². The molecule has 2 amide bonds. The number of fused-ring (bicyclic) bond motifs is 1. The lowest BCUT2D eigenvalue weighted by Crippen LogP contribution is -2.45. The summed E-state index contributed by atoms with van der Waals surface area (Å²) < 4.78 is 9.89. The molecule has 1 aromatic rings. The second-order valence-corrected chi connectivity index (χ2v) is 6.63. The van der Waals surface area contributed by atoms with Gasteiger partial charge in [0.15, 0.2) is 0 Å². The first-order valence-electron chi connectivity index (χ1n) is 8.41. The fourth-order valence-corrected chi connectivity index (χ4v) is 3.07. The number of methoxy groups -OCH3 is 1. The van der Waals surface area contributed by atoms with Gasteiger partial charge in [0.2, 0.25) is 5.91 Å². The highest BCUT2D eigenvalue weighted by Gasteiger charge is 2.36. The number of amides is 2. The highest BCUT2D eigenvalue weighted by atomic mass is 79.9. The molecule has 0 spiro atoms. The Kier molecular flexibility index (Phi) is 7.82. The van der Waals surface area contributed by atoms with Gasteiger partial charge in [-0.1, -0.05) is 33.8 Å². The van der Waals surface area contributed by atoms with Crippen LogP contribution in [-0.2, 0) is 25.6 Å². The van der Waals surface area contributed by atoms with Gasteiger partial charge in [0.1, 0.15) is 12.6 Å². The largest absolute Gasteiger partial charge is 0.469 e. The molecule has 0 unspecified atom stereocenters. The normalized spacial score (nSPS) is 13.6. The lowest BCUT2D eigenvalue weighted by molar-refractivity contribution is -0.141. The number of nitrogens with two attached hydrogens (primary N) is 1. The van der Waals surface area contributed by atoms with E-state index in [2.05, 4.69) is 32.5 Å². The molecule has 0 bridgehead atoms. The Bertz CT molecular complexity index is 784. The third kappa shape index (κ3) is 5.31. The van der Waals surface area contributed by atoms with E-state index in [4.69, 9.17) is 10.5 Å². The molecular weight excluding hydrogens is 416 g/mol. The summed E-state index contributed by atoms with van der Waals surface area (Å²) in [5, 5.41) is 0.735. The van der Waals surface area contributed by atoms with Crippen LogP contribution in [0.3, 0.4) is 0 Å². The molecule has 27 heavy (non-hydrogen) atoms. The fourth-order valence-electron chi connectivity index (χ4n) is 2.84. The minimum Gasteiger partial charge on any atom is -0.469 e. The van der Waals surface area contributed by atoms with Crippen molar-refractivity contribution < 1.29 is 23.9 Å². The molecular formula is C19H21BrN2O5. The summed E-state index contributed by atoms with van der Waals surface area (Å²) in [5.74, 6) is 4.52. The zero-order valence-electron chi connectivity index (χ0n) is 15.0. The predicted molar refractivity (Wildman–Crippen MR) is 102 cm³/mol. The molecule has 1 aliphatic rings. The van der Waals surface area contributed by atoms with Crippen LogP contribution in [0.2, 0.25) is 0 Å². The van der Waals surface area contributed by atoms with Crippen LogP contribution in [0.5, 0.6) is 0 Å². The maximum atomic E-state index is 12.7. The number of primary amides is 1. The van der Waals surface area contributed by atoms with Crippen LogP contribution in [0.25, 0.3) is 0 Å². The Morgan fingerprint density at radius 1 is 1.41 bits per heavy atom. The molecule has 8 heteroatoms. The van der Waals surface area contributed by atoms with Crippen molar-refractivity contribution in [3.63, 3.8) is 0 Å². The van der Waals surface area contributed by atoms with E-state index in [-0.39, 0.29) is 31.9 Å². The molecule has 0 aromatic heterocycles. The van der Waals surface area contributed by atoms with Crippen LogP contribution in [-0.4, -0.2) is 54.4 Å². The fraction of sp³-hybridized carbons (Fsp3) is 0.421. The van der Waals surface area contributed by atoms with Crippen molar-refractivity contribution in [3.8, 4) is 11.8 Å². The summed E-state index contributed by atoms with van der Waals surface area (Å²) in [4.78, 5) is 37.4. The highest BCUT2D eigenvalue weighted by molar-refractivity contribution is 9.09. The van der Waals surface area contributed by atoms with E-state index in [1.54, 1.807) is 12.1 Å². The van der Waals surface area contributed by atoms with Crippen molar-refractivity contribution >= 4 is 33.7 Å². The smallest absolute Gasteiger partial charge is 0.305 e. The number of benzene rings is 1. The maximum Gasteiger partial charge on any atom is 0.305 e. The minimum absolute atomic E-state index is 0.00179. The Balaban J connectivity index is 2.18. The lowest BCUT2D eigenvalue weighted by Gasteiger charge is -2.24. The number of hydrogen-bond donors (Lipinski definition) is 1. The number of rotatable bonds is 8. The number of alkyl halides is 1. The molecule has 144 valence electrons. The van der Waals surface area contributed by atoms with Gasteiger partial charge in [0.25, 0.3) is 5.91 Å². The van der Waals surface area contributed by atoms with E-state index in [9.17, 15) is 14.4 Å². The standard InChI is InChI=1S/C19H21BrN2O5/c1-26-17(23)8-7-16(18(21)24)22-12-15-13(5-3-10-27-11-9-20)4-2-6-14(15)19(22)25/h2,4,6,16H,7-12H2,1H3,(H2,21,24)/t16-/m0/s1. The van der Waals surface area contributed by atoms with Crippen LogP contribution in [0.15, 0.2) is 18.2 Å². The molecule has 7 nitrogen and oxygen atoms in total. The minimum atomic E-state index is -0.882. The van der Waals surface area contributed by atoms with E-state index in [0.29, 0.717) is 17.7 Å². The first-order valence-corrected chi connectivity index (χ1v) is 9.53. The van der Waals surface area contributed by atoms with Crippen molar-refractivity contribution in [2.24, 2.45) is 5.73 Å². The molecule has 1 aromatic carbocycles. The monoisotopic (exact) mass is 436 g/mol. The third-order valence-electron chi connectivity index (χ3n) is 4.17. The van der Waals surface area contributed by atoms with Gasteiger partial charge in [-0.05, 0) is 24.1 Å². The summed E-state index contributed by atoms with van der Waals surface area (Å²) in [5.41, 5.74) is 7.43. The molecule has 0 saturated heterocycles. The van der Waals surface area contributed by atoms with Gasteiger partial charge in [-0.15, -0.1) is 0 Å². The Labute approximate surface area is 166 Å². The summed E-state index contributed by atoms with van der Waals surface area (Å²) in [6.45, 7) is 1.07. The first kappa shape index (κ1) is 20.9. The van der Waals surface area contributed by atoms with Gasteiger partial charge in [-0.25, -0.2) is 0 Å². The average Bonchev–Trinajstić information content (AvgIpc) is 2.99. The number of esters is 1. The average molecular weight is 437 g/mol. The molecule has 1 heterocycles. The summed E-state index contributed by atoms with van der Waals surface area (Å²) in [7, 11) is 1.27. The van der Waals surface area contributed by atoms with Gasteiger partial charge in [-0.3, -0.25) is 14.4 Å². The molecule has 1 atom stereocenters. The second-order valence-electron chi connectivity index (χ2n) is 5.84. The molecule has 0 radical (unpaired) electrons. The number of nitrogens with zero attached hydrogens (tertiary/aromatic N) is 1. The second kappa shape index (κ2) is 10.1. The van der Waals surface area contributed by atoms with E-state index in [1.807, 2.05) is 6.07 Å². The Morgan fingerprint density at radius 3 is 2.85 bits per heavy atom. The SMILES string of the molecule is COC(=O)CC[C@@H](C(N)=O)N1Cc2c(C#CCOCCBr)cccc2C1=O. The van der Waals surface area contributed by atoms with Crippen LogP contribution < -0.4 is 5.73 Å². The van der Waals surface area contributed by atoms with E-state index in [0.717, 1.165) is 10.9 Å². The molecule has 0 saturated carbocycles. The molecule has 1 aliphatic heterocycles. The molecule has 0 fully saturated rings. The highest BCUT2D eigenvalue weighted by Crippen LogP contribution is 2.28. The van der Waals surface area contributed by atoms with Gasteiger partial charge in [0.05, 0.1) is 13.7 Å². The lowest BCUT2D eigenvalue weighted by atomic mass is 10.0. The topological polar surface area (TPSA) is 98.9 Å². The van der Waals surface area contributed by atoms with Crippen LogP contribution in [0, 0.1) is 11.8 Å². The van der Waals surface area contributed by atoms with E-state index >= 15 is 0 Å². The number of carbonyl (C=O) groups is 3. The molecule has 0 aliphatic carbocycles. The predicted octanol–water partition coefficient (Wildman–Crippen LogP) is 1.21.